The van der Waals surface area contributed by atoms with Crippen LogP contribution in [0.25, 0.3) is 0 Å². The van der Waals surface area contributed by atoms with Crippen LogP contribution < -0.4 is 15.0 Å². The van der Waals surface area contributed by atoms with E-state index >= 15 is 0 Å². The summed E-state index contributed by atoms with van der Waals surface area (Å²) in [5, 5.41) is 2.51. The minimum Gasteiger partial charge on any atom is -0.482 e. The first kappa shape index (κ1) is 16.0. The summed E-state index contributed by atoms with van der Waals surface area (Å²) in [5.41, 5.74) is 1.81. The number of hydrogen-bond acceptors (Lipinski definition) is 3. The number of ether oxygens (including phenoxy) is 1. The largest absolute Gasteiger partial charge is 0.482 e. The number of para-hydroxylation sites is 1. The Balaban J connectivity index is 1.67. The van der Waals surface area contributed by atoms with Crippen LogP contribution in [0.3, 0.4) is 0 Å². The molecule has 1 aliphatic heterocycles. The lowest BCUT2D eigenvalue weighted by Gasteiger charge is -2.29. The predicted octanol–water partition coefficient (Wildman–Crippen LogP) is 2.89. The summed E-state index contributed by atoms with van der Waals surface area (Å²) in [7, 11) is 0. The molecule has 0 aromatic heterocycles. The number of hydrogen-bond donors (Lipinski definition) is 1. The van der Waals surface area contributed by atoms with Gasteiger partial charge in [0.15, 0.2) is 6.61 Å². The number of amides is 2. The van der Waals surface area contributed by atoms with Crippen molar-refractivity contribution in [2.24, 2.45) is 0 Å². The number of carbonyl (C=O) groups excluding carboxylic acids is 2. The average Bonchev–Trinajstić information content (AvgIpc) is 2.56. The maximum Gasteiger partial charge on any atom is 0.265 e. The zero-order valence-corrected chi connectivity index (χ0v) is 13.2. The second-order valence-electron chi connectivity index (χ2n) is 5.58. The minimum atomic E-state index is -0.492. The van der Waals surface area contributed by atoms with Crippen molar-refractivity contribution in [1.82, 2.24) is 0 Å². The quantitative estimate of drug-likeness (QED) is 0.939. The highest BCUT2D eigenvalue weighted by atomic mass is 19.1. The molecule has 2 aromatic rings. The van der Waals surface area contributed by atoms with Gasteiger partial charge in [-0.2, -0.15) is 0 Å². The topological polar surface area (TPSA) is 58.6 Å². The molecule has 24 heavy (non-hydrogen) atoms. The van der Waals surface area contributed by atoms with Crippen molar-refractivity contribution in [3.63, 3.8) is 0 Å². The van der Waals surface area contributed by atoms with Crippen LogP contribution in [0.5, 0.6) is 5.75 Å². The molecule has 124 valence electrons. The van der Waals surface area contributed by atoms with E-state index < -0.39 is 5.82 Å². The van der Waals surface area contributed by atoms with Crippen molar-refractivity contribution in [3.05, 3.63) is 53.8 Å². The molecule has 0 saturated heterocycles. The van der Waals surface area contributed by atoms with Crippen LogP contribution in [0.15, 0.2) is 42.5 Å². The van der Waals surface area contributed by atoms with Crippen molar-refractivity contribution in [2.45, 2.75) is 13.3 Å². The van der Waals surface area contributed by atoms with E-state index in [1.165, 1.54) is 17.0 Å². The van der Waals surface area contributed by atoms with Gasteiger partial charge in [0, 0.05) is 13.0 Å². The SMILES string of the molecule is Cc1ccc2c(c1)OCC(=O)N2CCC(=O)Nc1ccccc1F. The van der Waals surface area contributed by atoms with E-state index in [-0.39, 0.29) is 37.1 Å². The summed E-state index contributed by atoms with van der Waals surface area (Å²) in [4.78, 5) is 25.6. The van der Waals surface area contributed by atoms with E-state index in [9.17, 15) is 14.0 Å². The van der Waals surface area contributed by atoms with E-state index in [1.807, 2.05) is 19.1 Å². The zero-order valence-electron chi connectivity index (χ0n) is 13.2. The predicted molar refractivity (Wildman–Crippen MR) is 88.7 cm³/mol. The first-order chi connectivity index (χ1) is 11.5. The van der Waals surface area contributed by atoms with Crippen LogP contribution >= 0.6 is 0 Å². The molecule has 1 N–H and O–H groups in total. The van der Waals surface area contributed by atoms with Crippen molar-refractivity contribution in [2.75, 3.05) is 23.4 Å². The Kier molecular flexibility index (Phi) is 4.46. The van der Waals surface area contributed by atoms with Gasteiger partial charge in [0.05, 0.1) is 11.4 Å². The van der Waals surface area contributed by atoms with Crippen LogP contribution in [-0.4, -0.2) is 25.0 Å². The molecule has 1 aliphatic rings. The van der Waals surface area contributed by atoms with Crippen LogP contribution in [0.1, 0.15) is 12.0 Å². The minimum absolute atomic E-state index is 0.0502. The molecule has 2 amide bonds. The van der Waals surface area contributed by atoms with Crippen LogP contribution in [0.2, 0.25) is 0 Å². The number of benzene rings is 2. The van der Waals surface area contributed by atoms with Gasteiger partial charge in [-0.25, -0.2) is 4.39 Å². The van der Waals surface area contributed by atoms with Crippen LogP contribution in [0.4, 0.5) is 15.8 Å². The monoisotopic (exact) mass is 328 g/mol. The van der Waals surface area contributed by atoms with Gasteiger partial charge >= 0.3 is 0 Å². The highest BCUT2D eigenvalue weighted by molar-refractivity contribution is 5.99. The Morgan fingerprint density at radius 2 is 2.08 bits per heavy atom. The van der Waals surface area contributed by atoms with Gasteiger partial charge in [-0.1, -0.05) is 18.2 Å². The molecule has 0 unspecified atom stereocenters. The molecule has 3 rings (SSSR count). The van der Waals surface area contributed by atoms with E-state index in [0.29, 0.717) is 11.4 Å². The number of rotatable bonds is 4. The zero-order chi connectivity index (χ0) is 17.1. The third-order valence-electron chi connectivity index (χ3n) is 3.77. The highest BCUT2D eigenvalue weighted by Gasteiger charge is 2.25. The first-order valence-corrected chi connectivity index (χ1v) is 7.63. The van der Waals surface area contributed by atoms with E-state index in [2.05, 4.69) is 5.32 Å². The van der Waals surface area contributed by atoms with Crippen molar-refractivity contribution in [3.8, 4) is 5.75 Å². The molecule has 0 saturated carbocycles. The lowest BCUT2D eigenvalue weighted by atomic mass is 10.1. The third kappa shape index (κ3) is 3.37. The molecular formula is C18H17FN2O3. The number of nitrogens with one attached hydrogen (secondary N) is 1. The van der Waals surface area contributed by atoms with Crippen molar-refractivity contribution in [1.29, 1.82) is 0 Å². The fourth-order valence-electron chi connectivity index (χ4n) is 2.55. The first-order valence-electron chi connectivity index (χ1n) is 7.63. The van der Waals surface area contributed by atoms with E-state index in [1.54, 1.807) is 18.2 Å². The van der Waals surface area contributed by atoms with Crippen molar-refractivity contribution >= 4 is 23.2 Å². The second-order valence-corrected chi connectivity index (χ2v) is 5.58. The number of nitrogens with zero attached hydrogens (tertiary/aromatic N) is 1. The van der Waals surface area contributed by atoms with Crippen LogP contribution in [0, 0.1) is 12.7 Å². The Hall–Kier alpha value is -2.89. The lowest BCUT2D eigenvalue weighted by molar-refractivity contribution is -0.121. The number of halogens is 1. The number of fused-ring (bicyclic) bond motifs is 1. The summed E-state index contributed by atoms with van der Waals surface area (Å²) in [6.07, 6.45) is 0.0629. The van der Waals surface area contributed by atoms with Crippen molar-refractivity contribution < 1.29 is 18.7 Å². The smallest absolute Gasteiger partial charge is 0.265 e. The van der Waals surface area contributed by atoms with Gasteiger partial charge in [-0.15, -0.1) is 0 Å². The number of anilines is 2. The fraction of sp³-hybridized carbons (Fsp3) is 0.222. The number of aryl methyl sites for hydroxylation is 1. The molecule has 0 spiro atoms. The number of carbonyl (C=O) groups is 2. The molecule has 0 radical (unpaired) electrons. The molecule has 1 heterocycles. The molecule has 2 aromatic carbocycles. The summed E-state index contributed by atoms with van der Waals surface area (Å²) in [6, 6.07) is 11.5. The van der Waals surface area contributed by atoms with Gasteiger partial charge < -0.3 is 15.0 Å². The van der Waals surface area contributed by atoms with E-state index in [4.69, 9.17) is 4.74 Å². The highest BCUT2D eigenvalue weighted by Crippen LogP contribution is 2.32. The third-order valence-corrected chi connectivity index (χ3v) is 3.77. The van der Waals surface area contributed by atoms with E-state index in [0.717, 1.165) is 5.56 Å². The molecular weight excluding hydrogens is 311 g/mol. The molecule has 5 nitrogen and oxygen atoms in total. The van der Waals surface area contributed by atoms with Gasteiger partial charge in [0.25, 0.3) is 5.91 Å². The average molecular weight is 328 g/mol. The maximum absolute atomic E-state index is 13.5. The fourth-order valence-corrected chi connectivity index (χ4v) is 2.55. The lowest BCUT2D eigenvalue weighted by Crippen LogP contribution is -2.40. The summed E-state index contributed by atoms with van der Waals surface area (Å²) in [5.74, 6) is -0.420. The molecule has 0 atom stereocenters. The maximum atomic E-state index is 13.5. The summed E-state index contributed by atoms with van der Waals surface area (Å²) < 4.78 is 19.0. The molecule has 0 fully saturated rings. The molecule has 0 bridgehead atoms. The second kappa shape index (κ2) is 6.70. The Morgan fingerprint density at radius 3 is 2.88 bits per heavy atom. The Labute approximate surface area is 139 Å². The Morgan fingerprint density at radius 1 is 1.29 bits per heavy atom. The normalized spacial score (nSPS) is 13.2. The van der Waals surface area contributed by atoms with Gasteiger partial charge in [0.2, 0.25) is 5.91 Å². The molecule has 0 aliphatic carbocycles. The standard InChI is InChI=1S/C18H17FN2O3/c1-12-6-7-15-16(10-12)24-11-18(23)21(15)9-8-17(22)20-14-5-3-2-4-13(14)19/h2-7,10H,8-9,11H2,1H3,(H,20,22). The Bertz CT molecular complexity index is 792. The van der Waals surface area contributed by atoms with Gasteiger partial charge in [-0.3, -0.25) is 9.59 Å². The summed E-state index contributed by atoms with van der Waals surface area (Å²) in [6.45, 7) is 2.09. The molecule has 6 heteroatoms. The van der Waals surface area contributed by atoms with Crippen LogP contribution in [-0.2, 0) is 9.59 Å². The summed E-state index contributed by atoms with van der Waals surface area (Å²) >= 11 is 0. The van der Waals surface area contributed by atoms with Gasteiger partial charge in [-0.05, 0) is 36.8 Å². The van der Waals surface area contributed by atoms with Gasteiger partial charge in [0.1, 0.15) is 11.6 Å².